The topological polar surface area (TPSA) is 21.3 Å². The van der Waals surface area contributed by atoms with Crippen molar-refractivity contribution in [2.45, 2.75) is 31.2 Å². The van der Waals surface area contributed by atoms with Gasteiger partial charge in [-0.05, 0) is 43.5 Å². The van der Waals surface area contributed by atoms with Gasteiger partial charge in [-0.25, -0.2) is 0 Å². The van der Waals surface area contributed by atoms with Crippen molar-refractivity contribution in [3.63, 3.8) is 0 Å². The van der Waals surface area contributed by atoms with Crippen molar-refractivity contribution in [2.75, 3.05) is 14.2 Å². The number of hydrogen-bond donors (Lipinski definition) is 1. The molecule has 5 heteroatoms. The third-order valence-corrected chi connectivity index (χ3v) is 3.60. The second kappa shape index (κ2) is 5.51. The fourth-order valence-electron chi connectivity index (χ4n) is 2.43. The lowest BCUT2D eigenvalue weighted by Crippen LogP contribution is -2.32. The number of methoxy groups -OCH3 is 1. The molecule has 1 aromatic carbocycles. The van der Waals surface area contributed by atoms with Crippen molar-refractivity contribution in [1.82, 2.24) is 5.32 Å². The van der Waals surface area contributed by atoms with Crippen LogP contribution in [-0.2, 0) is 10.9 Å². The molecule has 19 heavy (non-hydrogen) atoms. The number of likely N-dealkylation sites (N-methyl/N-ethyl adjacent to an activating group) is 1. The highest BCUT2D eigenvalue weighted by Crippen LogP contribution is 2.40. The molecule has 1 aromatic rings. The molecule has 1 aliphatic rings. The smallest absolute Gasteiger partial charge is 0.379 e. The van der Waals surface area contributed by atoms with Crippen LogP contribution in [0, 0.1) is 5.92 Å². The Kier molecular flexibility index (Phi) is 4.16. The molecule has 0 aliphatic heterocycles. The van der Waals surface area contributed by atoms with Gasteiger partial charge in [-0.1, -0.05) is 12.1 Å². The number of alkyl halides is 3. The van der Waals surface area contributed by atoms with E-state index in [0.717, 1.165) is 30.5 Å². The zero-order valence-electron chi connectivity index (χ0n) is 11.0. The average molecular weight is 273 g/mol. The van der Waals surface area contributed by atoms with E-state index in [0.29, 0.717) is 5.92 Å². The van der Waals surface area contributed by atoms with Crippen molar-refractivity contribution in [3.05, 3.63) is 35.4 Å². The molecular weight excluding hydrogens is 255 g/mol. The molecule has 1 N–H and O–H groups in total. The second-order valence-electron chi connectivity index (χ2n) is 4.92. The van der Waals surface area contributed by atoms with E-state index in [1.54, 1.807) is 14.2 Å². The van der Waals surface area contributed by atoms with Crippen LogP contribution in [0.5, 0.6) is 0 Å². The number of nitrogens with one attached hydrogen (secondary N) is 1. The Morgan fingerprint density at radius 3 is 2.16 bits per heavy atom. The van der Waals surface area contributed by atoms with Crippen LogP contribution in [0.4, 0.5) is 13.2 Å². The number of hydrogen-bond acceptors (Lipinski definition) is 2. The van der Waals surface area contributed by atoms with Crippen molar-refractivity contribution in [1.29, 1.82) is 0 Å². The van der Waals surface area contributed by atoms with E-state index in [1.165, 1.54) is 12.1 Å². The van der Waals surface area contributed by atoms with Crippen molar-refractivity contribution >= 4 is 0 Å². The maximum absolute atomic E-state index is 12.5. The van der Waals surface area contributed by atoms with E-state index in [1.807, 2.05) is 0 Å². The summed E-state index contributed by atoms with van der Waals surface area (Å²) in [4.78, 5) is 0. The summed E-state index contributed by atoms with van der Waals surface area (Å²) in [5, 5.41) is 3.14. The van der Waals surface area contributed by atoms with Gasteiger partial charge in [0.1, 0.15) is 0 Å². The Bertz CT molecular complexity index is 412. The van der Waals surface area contributed by atoms with Gasteiger partial charge in [0.2, 0.25) is 0 Å². The first kappa shape index (κ1) is 14.3. The predicted octanol–water partition coefficient (Wildman–Crippen LogP) is 3.39. The van der Waals surface area contributed by atoms with Crippen molar-refractivity contribution < 1.29 is 17.9 Å². The highest BCUT2D eigenvalue weighted by atomic mass is 19.4. The first-order valence-corrected chi connectivity index (χ1v) is 6.34. The fourth-order valence-corrected chi connectivity index (χ4v) is 2.43. The molecule has 0 bridgehead atoms. The van der Waals surface area contributed by atoms with E-state index in [9.17, 15) is 13.2 Å². The van der Waals surface area contributed by atoms with E-state index in [2.05, 4.69) is 5.32 Å². The average Bonchev–Trinajstić information content (AvgIpc) is 3.19. The normalized spacial score (nSPS) is 19.2. The lowest BCUT2D eigenvalue weighted by Gasteiger charge is -2.26. The van der Waals surface area contributed by atoms with E-state index in [4.69, 9.17) is 4.74 Å². The summed E-state index contributed by atoms with van der Waals surface area (Å²) in [5.41, 5.74) is 0.209. The van der Waals surface area contributed by atoms with Gasteiger partial charge in [-0.2, -0.15) is 13.2 Å². The Hall–Kier alpha value is -1.07. The van der Waals surface area contributed by atoms with Gasteiger partial charge in [0.15, 0.2) is 0 Å². The monoisotopic (exact) mass is 273 g/mol. The molecule has 2 rings (SSSR count). The van der Waals surface area contributed by atoms with Crippen LogP contribution in [0.15, 0.2) is 24.3 Å². The Labute approximate surface area is 111 Å². The Morgan fingerprint density at radius 1 is 1.21 bits per heavy atom. The van der Waals surface area contributed by atoms with Crippen molar-refractivity contribution in [2.24, 2.45) is 5.92 Å². The van der Waals surface area contributed by atoms with Crippen LogP contribution in [-0.4, -0.2) is 20.3 Å². The molecule has 1 fully saturated rings. The third-order valence-electron chi connectivity index (χ3n) is 3.60. The Morgan fingerprint density at radius 2 is 1.79 bits per heavy atom. The molecule has 0 saturated heterocycles. The quantitative estimate of drug-likeness (QED) is 0.888. The highest BCUT2D eigenvalue weighted by Gasteiger charge is 2.37. The third kappa shape index (κ3) is 3.28. The molecule has 0 radical (unpaired) electrons. The number of halogens is 3. The van der Waals surface area contributed by atoms with Gasteiger partial charge in [0.05, 0.1) is 17.7 Å². The van der Waals surface area contributed by atoms with Gasteiger partial charge in [-0.15, -0.1) is 0 Å². The van der Waals surface area contributed by atoms with Crippen molar-refractivity contribution in [3.8, 4) is 0 Å². The molecule has 0 aromatic heterocycles. The molecule has 0 amide bonds. The van der Waals surface area contributed by atoms with Crippen LogP contribution in [0.3, 0.4) is 0 Å². The molecule has 106 valence electrons. The Balaban J connectivity index is 2.18. The molecule has 0 heterocycles. The molecule has 2 unspecified atom stereocenters. The minimum absolute atomic E-state index is 0.0155. The molecular formula is C14H18F3NO. The zero-order valence-corrected chi connectivity index (χ0v) is 11.0. The first-order chi connectivity index (χ1) is 8.97. The standard InChI is InChI=1S/C14H18F3NO/c1-18-12(13(19-2)10-3-4-10)9-5-7-11(8-6-9)14(15,16)17/h5-8,10,12-13,18H,3-4H2,1-2H3. The van der Waals surface area contributed by atoms with E-state index >= 15 is 0 Å². The maximum Gasteiger partial charge on any atom is 0.416 e. The molecule has 2 atom stereocenters. The van der Waals surface area contributed by atoms with Crippen LogP contribution in [0.1, 0.15) is 30.0 Å². The van der Waals surface area contributed by atoms with Crippen LogP contribution >= 0.6 is 0 Å². The minimum Gasteiger partial charge on any atom is -0.379 e. The summed E-state index contributed by atoms with van der Waals surface area (Å²) in [5.74, 6) is 0.504. The maximum atomic E-state index is 12.5. The van der Waals surface area contributed by atoms with Gasteiger partial charge in [-0.3, -0.25) is 0 Å². The van der Waals surface area contributed by atoms with Crippen LogP contribution in [0.25, 0.3) is 0 Å². The minimum atomic E-state index is -4.29. The highest BCUT2D eigenvalue weighted by molar-refractivity contribution is 5.28. The largest absolute Gasteiger partial charge is 0.416 e. The van der Waals surface area contributed by atoms with Gasteiger partial charge < -0.3 is 10.1 Å². The molecule has 2 nitrogen and oxygen atoms in total. The van der Waals surface area contributed by atoms with Gasteiger partial charge >= 0.3 is 6.18 Å². The molecule has 1 aliphatic carbocycles. The number of rotatable bonds is 5. The number of ether oxygens (including phenoxy) is 1. The second-order valence-corrected chi connectivity index (χ2v) is 4.92. The molecule has 0 spiro atoms. The van der Waals surface area contributed by atoms with Gasteiger partial charge in [0, 0.05) is 7.11 Å². The summed E-state index contributed by atoms with van der Waals surface area (Å²) in [6.45, 7) is 0. The summed E-state index contributed by atoms with van der Waals surface area (Å²) in [6.07, 6.45) is -2.03. The SMILES string of the molecule is CNC(c1ccc(C(F)(F)F)cc1)C(OC)C1CC1. The van der Waals surface area contributed by atoms with Gasteiger partial charge in [0.25, 0.3) is 0 Å². The van der Waals surface area contributed by atoms with Crippen LogP contribution in [0.2, 0.25) is 0 Å². The summed E-state index contributed by atoms with van der Waals surface area (Å²) in [7, 11) is 3.45. The number of benzene rings is 1. The summed E-state index contributed by atoms with van der Waals surface area (Å²) >= 11 is 0. The fraction of sp³-hybridized carbons (Fsp3) is 0.571. The van der Waals surface area contributed by atoms with Crippen LogP contribution < -0.4 is 5.32 Å². The van der Waals surface area contributed by atoms with E-state index < -0.39 is 11.7 Å². The summed E-state index contributed by atoms with van der Waals surface area (Å²) < 4.78 is 43.1. The van der Waals surface area contributed by atoms with E-state index in [-0.39, 0.29) is 12.1 Å². The lowest BCUT2D eigenvalue weighted by molar-refractivity contribution is -0.137. The summed E-state index contributed by atoms with van der Waals surface area (Å²) in [6, 6.07) is 5.23. The molecule has 1 saturated carbocycles. The first-order valence-electron chi connectivity index (χ1n) is 6.34. The predicted molar refractivity (Wildman–Crippen MR) is 66.8 cm³/mol. The zero-order chi connectivity index (χ0) is 14.0. The lowest BCUT2D eigenvalue weighted by atomic mass is 9.97.